The van der Waals surface area contributed by atoms with E-state index in [2.05, 4.69) is 5.32 Å². The predicted molar refractivity (Wildman–Crippen MR) is 60.6 cm³/mol. The van der Waals surface area contributed by atoms with Crippen LogP contribution < -0.4 is 10.1 Å². The number of halogens is 2. The van der Waals surface area contributed by atoms with Crippen molar-refractivity contribution in [3.63, 3.8) is 0 Å². The molecule has 0 bridgehead atoms. The summed E-state index contributed by atoms with van der Waals surface area (Å²) in [7, 11) is 1.55. The molecule has 0 aliphatic rings. The lowest BCUT2D eigenvalue weighted by Crippen LogP contribution is -2.33. The molecular formula is C10H11Cl2NO2. The molecule has 0 radical (unpaired) electrons. The highest BCUT2D eigenvalue weighted by Crippen LogP contribution is 2.28. The molecule has 1 aromatic carbocycles. The van der Waals surface area contributed by atoms with Gasteiger partial charge in [0, 0.05) is 12.1 Å². The number of rotatable bonds is 3. The lowest BCUT2D eigenvalue weighted by Gasteiger charge is -2.14. The second-order valence-corrected chi connectivity index (χ2v) is 3.79. The van der Waals surface area contributed by atoms with Gasteiger partial charge in [0.25, 0.3) is 5.91 Å². The van der Waals surface area contributed by atoms with Crippen LogP contribution in [-0.2, 0) is 4.79 Å². The number of nitrogens with one attached hydrogen (secondary N) is 1. The van der Waals surface area contributed by atoms with Gasteiger partial charge >= 0.3 is 0 Å². The number of ether oxygens (including phenoxy) is 1. The Morgan fingerprint density at radius 3 is 2.67 bits per heavy atom. The molecule has 1 atom stereocenters. The first kappa shape index (κ1) is 12.1. The highest BCUT2D eigenvalue weighted by molar-refractivity contribution is 6.35. The summed E-state index contributed by atoms with van der Waals surface area (Å²) in [5, 5.41) is 3.40. The zero-order valence-electron chi connectivity index (χ0n) is 8.38. The molecule has 82 valence electrons. The molecule has 0 fully saturated rings. The highest BCUT2D eigenvalue weighted by Gasteiger charge is 2.14. The maximum Gasteiger partial charge on any atom is 0.260 e. The van der Waals surface area contributed by atoms with E-state index >= 15 is 0 Å². The molecular weight excluding hydrogens is 237 g/mol. The van der Waals surface area contributed by atoms with E-state index in [1.807, 2.05) is 0 Å². The summed E-state index contributed by atoms with van der Waals surface area (Å²) < 4.78 is 5.35. The molecule has 0 unspecified atom stereocenters. The number of carbonyl (C=O) groups is 1. The molecule has 0 aliphatic carbocycles. The van der Waals surface area contributed by atoms with Crippen LogP contribution in [0, 0.1) is 0 Å². The molecule has 0 saturated carbocycles. The van der Waals surface area contributed by atoms with Crippen LogP contribution in [0.15, 0.2) is 18.2 Å². The Morgan fingerprint density at radius 1 is 1.47 bits per heavy atom. The Balaban J connectivity index is 2.76. The maximum atomic E-state index is 11.2. The third-order valence-electron chi connectivity index (χ3n) is 1.81. The van der Waals surface area contributed by atoms with Gasteiger partial charge in [-0.2, -0.15) is 0 Å². The molecule has 1 N–H and O–H groups in total. The van der Waals surface area contributed by atoms with Crippen molar-refractivity contribution in [1.29, 1.82) is 0 Å². The number of hydrogen-bond donors (Lipinski definition) is 1. The number of carbonyl (C=O) groups excluding carboxylic acids is 1. The molecule has 1 amide bonds. The summed E-state index contributed by atoms with van der Waals surface area (Å²) in [6, 6.07) is 4.85. The van der Waals surface area contributed by atoms with Gasteiger partial charge in [-0.25, -0.2) is 0 Å². The number of amides is 1. The largest absolute Gasteiger partial charge is 0.479 e. The van der Waals surface area contributed by atoms with E-state index in [9.17, 15) is 4.79 Å². The number of likely N-dealkylation sites (N-methyl/N-ethyl adjacent to an activating group) is 1. The first-order valence-electron chi connectivity index (χ1n) is 4.38. The SMILES string of the molecule is CNC(=O)[C@H](C)Oc1ccc(Cl)cc1Cl. The van der Waals surface area contributed by atoms with Gasteiger partial charge in [0.05, 0.1) is 5.02 Å². The Kier molecular flexibility index (Phi) is 4.24. The van der Waals surface area contributed by atoms with Crippen LogP contribution in [0.3, 0.4) is 0 Å². The Bertz CT molecular complexity index is 368. The molecule has 0 spiro atoms. The van der Waals surface area contributed by atoms with E-state index in [1.54, 1.807) is 32.2 Å². The number of benzene rings is 1. The molecule has 0 saturated heterocycles. The smallest absolute Gasteiger partial charge is 0.260 e. The zero-order chi connectivity index (χ0) is 11.4. The predicted octanol–water partition coefficient (Wildman–Crippen LogP) is 2.51. The lowest BCUT2D eigenvalue weighted by atomic mass is 10.3. The third kappa shape index (κ3) is 3.29. The number of hydrogen-bond acceptors (Lipinski definition) is 2. The van der Waals surface area contributed by atoms with Crippen molar-refractivity contribution < 1.29 is 9.53 Å². The van der Waals surface area contributed by atoms with Crippen LogP contribution in [0.4, 0.5) is 0 Å². The van der Waals surface area contributed by atoms with Crippen molar-refractivity contribution in [1.82, 2.24) is 5.32 Å². The summed E-state index contributed by atoms with van der Waals surface area (Å²) in [6.45, 7) is 1.64. The monoisotopic (exact) mass is 247 g/mol. The molecule has 0 aliphatic heterocycles. The van der Waals surface area contributed by atoms with E-state index in [0.29, 0.717) is 15.8 Å². The van der Waals surface area contributed by atoms with Gasteiger partial charge in [-0.1, -0.05) is 23.2 Å². The molecule has 3 nitrogen and oxygen atoms in total. The quantitative estimate of drug-likeness (QED) is 0.892. The Labute approximate surface area is 98.3 Å². The van der Waals surface area contributed by atoms with Crippen molar-refractivity contribution in [3.8, 4) is 5.75 Å². The summed E-state index contributed by atoms with van der Waals surface area (Å²) in [5.41, 5.74) is 0. The Morgan fingerprint density at radius 2 is 2.13 bits per heavy atom. The highest BCUT2D eigenvalue weighted by atomic mass is 35.5. The van der Waals surface area contributed by atoms with E-state index in [4.69, 9.17) is 27.9 Å². The zero-order valence-corrected chi connectivity index (χ0v) is 9.89. The van der Waals surface area contributed by atoms with Gasteiger partial charge in [-0.3, -0.25) is 4.79 Å². The molecule has 15 heavy (non-hydrogen) atoms. The van der Waals surface area contributed by atoms with Crippen molar-refractivity contribution in [2.24, 2.45) is 0 Å². The molecule has 0 heterocycles. The average Bonchev–Trinajstić information content (AvgIpc) is 2.20. The first-order valence-corrected chi connectivity index (χ1v) is 5.13. The molecule has 1 rings (SSSR count). The summed E-state index contributed by atoms with van der Waals surface area (Å²) in [6.07, 6.45) is -0.589. The van der Waals surface area contributed by atoms with Gasteiger partial charge in [-0.15, -0.1) is 0 Å². The Hall–Kier alpha value is -0.930. The van der Waals surface area contributed by atoms with Gasteiger partial charge in [0.2, 0.25) is 0 Å². The van der Waals surface area contributed by atoms with Crippen LogP contribution in [-0.4, -0.2) is 19.1 Å². The van der Waals surface area contributed by atoms with Gasteiger partial charge in [0.1, 0.15) is 5.75 Å². The van der Waals surface area contributed by atoms with E-state index < -0.39 is 6.10 Å². The van der Waals surface area contributed by atoms with Crippen LogP contribution in [0.5, 0.6) is 5.75 Å². The van der Waals surface area contributed by atoms with Crippen LogP contribution in [0.1, 0.15) is 6.92 Å². The summed E-state index contributed by atoms with van der Waals surface area (Å²) in [5.74, 6) is 0.234. The van der Waals surface area contributed by atoms with Crippen LogP contribution >= 0.6 is 23.2 Å². The standard InChI is InChI=1S/C10H11Cl2NO2/c1-6(10(14)13-2)15-9-4-3-7(11)5-8(9)12/h3-6H,1-2H3,(H,13,14)/t6-/m0/s1. The minimum atomic E-state index is -0.589. The van der Waals surface area contributed by atoms with E-state index in [-0.39, 0.29) is 5.91 Å². The molecule has 0 aromatic heterocycles. The third-order valence-corrected chi connectivity index (χ3v) is 2.34. The second kappa shape index (κ2) is 5.24. The van der Waals surface area contributed by atoms with Crippen molar-refractivity contribution in [2.45, 2.75) is 13.0 Å². The fraction of sp³-hybridized carbons (Fsp3) is 0.300. The van der Waals surface area contributed by atoms with Crippen LogP contribution in [0.25, 0.3) is 0 Å². The van der Waals surface area contributed by atoms with E-state index in [1.165, 1.54) is 0 Å². The molecule has 5 heteroatoms. The van der Waals surface area contributed by atoms with Crippen molar-refractivity contribution in [3.05, 3.63) is 28.2 Å². The van der Waals surface area contributed by atoms with Crippen molar-refractivity contribution >= 4 is 29.1 Å². The first-order chi connectivity index (χ1) is 7.04. The van der Waals surface area contributed by atoms with Gasteiger partial charge in [-0.05, 0) is 25.1 Å². The van der Waals surface area contributed by atoms with Gasteiger partial charge in [0.15, 0.2) is 6.10 Å². The minimum absolute atomic E-state index is 0.207. The maximum absolute atomic E-state index is 11.2. The molecule has 1 aromatic rings. The lowest BCUT2D eigenvalue weighted by molar-refractivity contribution is -0.126. The average molecular weight is 248 g/mol. The second-order valence-electron chi connectivity index (χ2n) is 2.95. The minimum Gasteiger partial charge on any atom is -0.479 e. The topological polar surface area (TPSA) is 38.3 Å². The van der Waals surface area contributed by atoms with Crippen molar-refractivity contribution in [2.75, 3.05) is 7.05 Å². The van der Waals surface area contributed by atoms with Crippen LogP contribution in [0.2, 0.25) is 10.0 Å². The summed E-state index contributed by atoms with van der Waals surface area (Å²) in [4.78, 5) is 11.2. The fourth-order valence-electron chi connectivity index (χ4n) is 1.02. The van der Waals surface area contributed by atoms with E-state index in [0.717, 1.165) is 0 Å². The normalized spacial score (nSPS) is 12.0. The van der Waals surface area contributed by atoms with Gasteiger partial charge < -0.3 is 10.1 Å². The fourth-order valence-corrected chi connectivity index (χ4v) is 1.47. The summed E-state index contributed by atoms with van der Waals surface area (Å²) >= 11 is 11.6.